The highest BCUT2D eigenvalue weighted by atomic mass is 16.3. The molecule has 1 N–H and O–H groups in total. The minimum atomic E-state index is 0.232. The summed E-state index contributed by atoms with van der Waals surface area (Å²) in [5, 5.41) is 13.4. The van der Waals surface area contributed by atoms with E-state index in [2.05, 4.69) is 25.9 Å². The molecule has 0 aliphatic carbocycles. The van der Waals surface area contributed by atoms with Gasteiger partial charge in [0.05, 0.1) is 12.3 Å². The van der Waals surface area contributed by atoms with Crippen LogP contribution >= 0.6 is 0 Å². The van der Waals surface area contributed by atoms with Gasteiger partial charge in [-0.15, -0.1) is 0 Å². The van der Waals surface area contributed by atoms with Gasteiger partial charge in [0.1, 0.15) is 5.52 Å². The van der Waals surface area contributed by atoms with E-state index < -0.39 is 0 Å². The third kappa shape index (κ3) is 2.41. The number of aromatic nitrogens is 3. The van der Waals surface area contributed by atoms with Gasteiger partial charge in [-0.2, -0.15) is 5.10 Å². The molecule has 1 fully saturated rings. The lowest BCUT2D eigenvalue weighted by Crippen LogP contribution is -2.47. The first-order valence-corrected chi connectivity index (χ1v) is 6.67. The molecule has 1 aliphatic rings. The van der Waals surface area contributed by atoms with Gasteiger partial charge in [0, 0.05) is 45.1 Å². The van der Waals surface area contributed by atoms with Crippen LogP contribution in [0.1, 0.15) is 5.69 Å². The molecule has 0 saturated carbocycles. The van der Waals surface area contributed by atoms with E-state index in [4.69, 9.17) is 5.11 Å². The average molecular weight is 261 g/mol. The van der Waals surface area contributed by atoms with Gasteiger partial charge in [0.2, 0.25) is 0 Å². The van der Waals surface area contributed by atoms with E-state index in [-0.39, 0.29) is 6.61 Å². The van der Waals surface area contributed by atoms with Crippen molar-refractivity contribution in [1.82, 2.24) is 19.5 Å². The number of nitrogens with zero attached hydrogens (tertiary/aromatic N) is 5. The molecule has 0 unspecified atom stereocenters. The number of aliphatic hydroxyl groups excluding tert-OH is 1. The summed E-state index contributed by atoms with van der Waals surface area (Å²) in [6, 6.07) is 2.07. The monoisotopic (exact) mass is 261 g/mol. The second-order valence-corrected chi connectivity index (χ2v) is 4.92. The zero-order valence-corrected chi connectivity index (χ0v) is 11.2. The molecular weight excluding hydrogens is 242 g/mol. The van der Waals surface area contributed by atoms with Crippen molar-refractivity contribution < 1.29 is 5.11 Å². The predicted octanol–water partition coefficient (Wildman–Crippen LogP) is 0.152. The van der Waals surface area contributed by atoms with Crippen LogP contribution in [-0.4, -0.2) is 63.9 Å². The highest BCUT2D eigenvalue weighted by Gasteiger charge is 2.19. The number of fused-ring (bicyclic) bond motifs is 1. The molecule has 0 aromatic carbocycles. The van der Waals surface area contributed by atoms with E-state index in [1.165, 1.54) is 0 Å². The van der Waals surface area contributed by atoms with Crippen LogP contribution < -0.4 is 4.90 Å². The summed E-state index contributed by atoms with van der Waals surface area (Å²) < 4.78 is 1.89. The van der Waals surface area contributed by atoms with Crippen molar-refractivity contribution in [1.29, 1.82) is 0 Å². The zero-order valence-electron chi connectivity index (χ0n) is 11.2. The SMILES string of the molecule is Cc1cc2c(N3CCN(CCO)CC3)nccn2n1. The highest BCUT2D eigenvalue weighted by Crippen LogP contribution is 2.20. The Labute approximate surface area is 112 Å². The third-order valence-electron chi connectivity index (χ3n) is 3.58. The Morgan fingerprint density at radius 1 is 1.26 bits per heavy atom. The van der Waals surface area contributed by atoms with E-state index >= 15 is 0 Å². The van der Waals surface area contributed by atoms with Gasteiger partial charge in [0.15, 0.2) is 5.82 Å². The van der Waals surface area contributed by atoms with Crippen molar-refractivity contribution in [3.8, 4) is 0 Å². The number of rotatable bonds is 3. The lowest BCUT2D eigenvalue weighted by atomic mass is 10.3. The number of β-amino-alcohol motifs (C(OH)–C–C–N with tert-alkyl or cyclic N) is 1. The molecule has 1 saturated heterocycles. The van der Waals surface area contributed by atoms with Gasteiger partial charge in [-0.25, -0.2) is 9.50 Å². The van der Waals surface area contributed by atoms with Gasteiger partial charge in [-0.05, 0) is 13.0 Å². The molecule has 0 radical (unpaired) electrons. The van der Waals surface area contributed by atoms with Crippen molar-refractivity contribution in [3.63, 3.8) is 0 Å². The fraction of sp³-hybridized carbons (Fsp3) is 0.538. The van der Waals surface area contributed by atoms with Crippen LogP contribution in [0, 0.1) is 6.92 Å². The van der Waals surface area contributed by atoms with Crippen molar-refractivity contribution in [2.45, 2.75) is 6.92 Å². The number of anilines is 1. The van der Waals surface area contributed by atoms with Gasteiger partial charge >= 0.3 is 0 Å². The second-order valence-electron chi connectivity index (χ2n) is 4.92. The number of hydrogen-bond acceptors (Lipinski definition) is 5. The molecule has 2 aromatic heterocycles. The number of aliphatic hydroxyl groups is 1. The molecule has 1 aliphatic heterocycles. The molecule has 0 bridgehead atoms. The van der Waals surface area contributed by atoms with Gasteiger partial charge in [-0.1, -0.05) is 0 Å². The molecule has 102 valence electrons. The first kappa shape index (κ1) is 12.4. The fourth-order valence-electron chi connectivity index (χ4n) is 2.60. The maximum Gasteiger partial charge on any atom is 0.154 e. The maximum atomic E-state index is 8.97. The van der Waals surface area contributed by atoms with Crippen molar-refractivity contribution in [2.75, 3.05) is 44.2 Å². The fourth-order valence-corrected chi connectivity index (χ4v) is 2.60. The van der Waals surface area contributed by atoms with E-state index in [0.29, 0.717) is 0 Å². The molecule has 0 amide bonds. The topological polar surface area (TPSA) is 56.9 Å². The molecule has 19 heavy (non-hydrogen) atoms. The molecule has 2 aromatic rings. The smallest absolute Gasteiger partial charge is 0.154 e. The van der Waals surface area contributed by atoms with Crippen LogP contribution in [0.15, 0.2) is 18.5 Å². The number of hydrogen-bond donors (Lipinski definition) is 1. The Balaban J connectivity index is 1.81. The zero-order chi connectivity index (χ0) is 13.2. The summed E-state index contributed by atoms with van der Waals surface area (Å²) in [5.74, 6) is 1.01. The largest absolute Gasteiger partial charge is 0.395 e. The molecule has 0 atom stereocenters. The predicted molar refractivity (Wildman–Crippen MR) is 73.5 cm³/mol. The van der Waals surface area contributed by atoms with Crippen LogP contribution in [0.3, 0.4) is 0 Å². The average Bonchev–Trinajstić information content (AvgIpc) is 2.80. The lowest BCUT2D eigenvalue weighted by Gasteiger charge is -2.35. The van der Waals surface area contributed by atoms with Crippen LogP contribution in [0.5, 0.6) is 0 Å². The summed E-state index contributed by atoms with van der Waals surface area (Å²) in [6.07, 6.45) is 3.68. The molecule has 6 heteroatoms. The third-order valence-corrected chi connectivity index (χ3v) is 3.58. The number of aryl methyl sites for hydroxylation is 1. The Kier molecular flexibility index (Phi) is 3.35. The van der Waals surface area contributed by atoms with Crippen molar-refractivity contribution >= 4 is 11.3 Å². The molecule has 3 rings (SSSR count). The van der Waals surface area contributed by atoms with Crippen LogP contribution in [0.2, 0.25) is 0 Å². The molecular formula is C13H19N5O. The molecule has 0 spiro atoms. The standard InChI is InChI=1S/C13H19N5O/c1-11-10-12-13(14-2-3-18(12)15-11)17-6-4-16(5-7-17)8-9-19/h2-3,10,19H,4-9H2,1H3. The normalized spacial score (nSPS) is 17.3. The van der Waals surface area contributed by atoms with Gasteiger partial charge < -0.3 is 10.0 Å². The minimum absolute atomic E-state index is 0.232. The van der Waals surface area contributed by atoms with Crippen LogP contribution in [0.25, 0.3) is 5.52 Å². The number of piperazine rings is 1. The first-order valence-electron chi connectivity index (χ1n) is 6.67. The quantitative estimate of drug-likeness (QED) is 0.852. The summed E-state index contributed by atoms with van der Waals surface area (Å²) >= 11 is 0. The van der Waals surface area contributed by atoms with E-state index in [1.54, 1.807) is 6.20 Å². The van der Waals surface area contributed by atoms with Crippen molar-refractivity contribution in [2.24, 2.45) is 0 Å². The molecule has 3 heterocycles. The minimum Gasteiger partial charge on any atom is -0.395 e. The Morgan fingerprint density at radius 2 is 2.05 bits per heavy atom. The summed E-state index contributed by atoms with van der Waals surface area (Å²) in [7, 11) is 0. The van der Waals surface area contributed by atoms with Gasteiger partial charge in [-0.3, -0.25) is 4.90 Å². The van der Waals surface area contributed by atoms with E-state index in [9.17, 15) is 0 Å². The lowest BCUT2D eigenvalue weighted by molar-refractivity contribution is 0.188. The van der Waals surface area contributed by atoms with Crippen LogP contribution in [0.4, 0.5) is 5.82 Å². The summed E-state index contributed by atoms with van der Waals surface area (Å²) in [4.78, 5) is 9.08. The van der Waals surface area contributed by atoms with Crippen LogP contribution in [-0.2, 0) is 0 Å². The van der Waals surface area contributed by atoms with E-state index in [1.807, 2.05) is 17.6 Å². The van der Waals surface area contributed by atoms with Gasteiger partial charge in [0.25, 0.3) is 0 Å². The van der Waals surface area contributed by atoms with Crippen molar-refractivity contribution in [3.05, 3.63) is 24.2 Å². The second kappa shape index (κ2) is 5.14. The maximum absolute atomic E-state index is 8.97. The first-order chi connectivity index (χ1) is 9.28. The summed E-state index contributed by atoms with van der Waals surface area (Å²) in [5.41, 5.74) is 2.07. The summed E-state index contributed by atoms with van der Waals surface area (Å²) in [6.45, 7) is 6.81. The highest BCUT2D eigenvalue weighted by molar-refractivity contribution is 5.69. The Bertz CT molecular complexity index is 559. The Hall–Kier alpha value is -1.66. The molecule has 6 nitrogen and oxygen atoms in total. The Morgan fingerprint density at radius 3 is 2.79 bits per heavy atom. The van der Waals surface area contributed by atoms with E-state index in [0.717, 1.165) is 49.8 Å².